The van der Waals surface area contributed by atoms with E-state index >= 15 is 0 Å². The zero-order valence-corrected chi connectivity index (χ0v) is 15.8. The number of rotatable bonds is 6. The van der Waals surface area contributed by atoms with Crippen molar-refractivity contribution in [3.63, 3.8) is 0 Å². The van der Waals surface area contributed by atoms with Crippen LogP contribution in [0.4, 0.5) is 0 Å². The Morgan fingerprint density at radius 3 is 2.67 bits per heavy atom. The number of hydrogen-bond acceptors (Lipinski definition) is 5. The molecule has 0 spiro atoms. The van der Waals surface area contributed by atoms with Gasteiger partial charge in [-0.2, -0.15) is 5.10 Å². The number of morpholine rings is 1. The molecule has 1 aliphatic rings. The Labute approximate surface area is 162 Å². The van der Waals surface area contributed by atoms with Crippen LogP contribution in [0.15, 0.2) is 60.2 Å². The van der Waals surface area contributed by atoms with Crippen LogP contribution in [0, 0.1) is 0 Å². The highest BCUT2D eigenvalue weighted by molar-refractivity contribution is 7.10. The summed E-state index contributed by atoms with van der Waals surface area (Å²) in [4.78, 5) is 16.3. The fourth-order valence-electron chi connectivity index (χ4n) is 3.26. The van der Waals surface area contributed by atoms with Gasteiger partial charge in [0, 0.05) is 42.5 Å². The number of ether oxygens (including phenoxy) is 1. The van der Waals surface area contributed by atoms with Crippen molar-refractivity contribution in [3.8, 4) is 5.69 Å². The lowest BCUT2D eigenvalue weighted by Crippen LogP contribution is -2.43. The Kier molecular flexibility index (Phi) is 5.62. The smallest absolute Gasteiger partial charge is 0.251 e. The molecule has 1 atom stereocenters. The molecule has 4 rings (SSSR count). The summed E-state index contributed by atoms with van der Waals surface area (Å²) in [7, 11) is 0. The Hall–Kier alpha value is -2.48. The lowest BCUT2D eigenvalue weighted by Gasteiger charge is -2.34. The molecule has 1 aliphatic heterocycles. The molecule has 140 valence electrons. The third-order valence-corrected chi connectivity index (χ3v) is 5.69. The second-order valence-corrected chi connectivity index (χ2v) is 7.37. The van der Waals surface area contributed by atoms with E-state index in [0.717, 1.165) is 32.0 Å². The summed E-state index contributed by atoms with van der Waals surface area (Å²) in [5.74, 6) is -0.0585. The molecule has 0 radical (unpaired) electrons. The first-order valence-corrected chi connectivity index (χ1v) is 9.93. The van der Waals surface area contributed by atoms with Crippen LogP contribution in [0.2, 0.25) is 0 Å². The van der Waals surface area contributed by atoms with Crippen molar-refractivity contribution in [1.29, 1.82) is 0 Å². The minimum Gasteiger partial charge on any atom is -0.379 e. The van der Waals surface area contributed by atoms with Gasteiger partial charge in [-0.25, -0.2) is 4.68 Å². The molecule has 1 fully saturated rings. The monoisotopic (exact) mass is 382 g/mol. The molecule has 0 bridgehead atoms. The van der Waals surface area contributed by atoms with Gasteiger partial charge in [-0.3, -0.25) is 9.69 Å². The predicted molar refractivity (Wildman–Crippen MR) is 105 cm³/mol. The van der Waals surface area contributed by atoms with Gasteiger partial charge in [0.15, 0.2) is 0 Å². The fraction of sp³-hybridized carbons (Fsp3) is 0.300. The van der Waals surface area contributed by atoms with Crippen molar-refractivity contribution in [3.05, 3.63) is 70.7 Å². The third kappa shape index (κ3) is 4.27. The van der Waals surface area contributed by atoms with Gasteiger partial charge in [-0.15, -0.1) is 11.3 Å². The van der Waals surface area contributed by atoms with Gasteiger partial charge in [0.05, 0.1) is 24.9 Å². The molecular formula is C20H22N4O2S. The maximum absolute atomic E-state index is 12.6. The molecule has 1 amide bonds. The van der Waals surface area contributed by atoms with Gasteiger partial charge in [-0.05, 0) is 41.8 Å². The lowest BCUT2D eigenvalue weighted by molar-refractivity contribution is 0.0169. The highest BCUT2D eigenvalue weighted by Crippen LogP contribution is 2.25. The minimum absolute atomic E-state index is 0.0585. The Bertz CT molecular complexity index is 841. The first-order chi connectivity index (χ1) is 13.3. The summed E-state index contributed by atoms with van der Waals surface area (Å²) in [5.41, 5.74) is 1.58. The topological polar surface area (TPSA) is 59.4 Å². The Morgan fingerprint density at radius 1 is 1.19 bits per heavy atom. The largest absolute Gasteiger partial charge is 0.379 e. The molecule has 3 aromatic rings. The van der Waals surface area contributed by atoms with E-state index in [0.29, 0.717) is 12.1 Å². The zero-order valence-electron chi connectivity index (χ0n) is 15.0. The van der Waals surface area contributed by atoms with Crippen LogP contribution in [0.1, 0.15) is 21.3 Å². The quantitative estimate of drug-likeness (QED) is 0.712. The zero-order chi connectivity index (χ0) is 18.5. The SMILES string of the molecule is O=C(NCC(c1cccs1)N1CCOCC1)c1ccc(-n2cccn2)cc1. The maximum Gasteiger partial charge on any atom is 0.251 e. The summed E-state index contributed by atoms with van der Waals surface area (Å²) in [6, 6.07) is 13.7. The van der Waals surface area contributed by atoms with E-state index in [1.54, 1.807) is 22.2 Å². The van der Waals surface area contributed by atoms with Crippen molar-refractivity contribution in [2.45, 2.75) is 6.04 Å². The molecule has 1 saturated heterocycles. The number of amides is 1. The third-order valence-electron chi connectivity index (χ3n) is 4.71. The number of carbonyl (C=O) groups excluding carboxylic acids is 1. The summed E-state index contributed by atoms with van der Waals surface area (Å²) < 4.78 is 7.24. The molecule has 6 nitrogen and oxygen atoms in total. The van der Waals surface area contributed by atoms with Crippen molar-refractivity contribution >= 4 is 17.2 Å². The van der Waals surface area contributed by atoms with E-state index in [9.17, 15) is 4.79 Å². The van der Waals surface area contributed by atoms with Gasteiger partial charge in [-0.1, -0.05) is 6.07 Å². The molecule has 1 N–H and O–H groups in total. The first-order valence-electron chi connectivity index (χ1n) is 9.05. The second kappa shape index (κ2) is 8.47. The van der Waals surface area contributed by atoms with Gasteiger partial charge in [0.1, 0.15) is 0 Å². The lowest BCUT2D eigenvalue weighted by atomic mass is 10.1. The highest BCUT2D eigenvalue weighted by atomic mass is 32.1. The number of nitrogens with zero attached hydrogens (tertiary/aromatic N) is 3. The number of carbonyl (C=O) groups is 1. The molecule has 1 unspecified atom stereocenters. The fourth-order valence-corrected chi connectivity index (χ4v) is 4.12. The van der Waals surface area contributed by atoms with Gasteiger partial charge in [0.2, 0.25) is 0 Å². The standard InChI is InChI=1S/C20H22N4O2S/c25-20(16-4-6-17(7-5-16)24-9-2-8-22-24)21-15-18(19-3-1-14-27-19)23-10-12-26-13-11-23/h1-9,14,18H,10-13,15H2,(H,21,25). The number of nitrogens with one attached hydrogen (secondary N) is 1. The summed E-state index contributed by atoms with van der Waals surface area (Å²) >= 11 is 1.73. The van der Waals surface area contributed by atoms with E-state index in [-0.39, 0.29) is 11.9 Å². The average Bonchev–Trinajstić information content (AvgIpc) is 3.43. The Morgan fingerprint density at radius 2 is 2.00 bits per heavy atom. The van der Waals surface area contributed by atoms with Crippen LogP contribution < -0.4 is 5.32 Å². The van der Waals surface area contributed by atoms with Crippen LogP contribution in [-0.4, -0.2) is 53.4 Å². The van der Waals surface area contributed by atoms with Crippen LogP contribution in [0.25, 0.3) is 5.69 Å². The summed E-state index contributed by atoms with van der Waals surface area (Å²) in [6.07, 6.45) is 3.61. The van der Waals surface area contributed by atoms with Gasteiger partial charge in [0.25, 0.3) is 5.91 Å². The van der Waals surface area contributed by atoms with Crippen LogP contribution in [-0.2, 0) is 4.74 Å². The van der Waals surface area contributed by atoms with Crippen molar-refractivity contribution < 1.29 is 9.53 Å². The normalized spacial score (nSPS) is 16.1. The van der Waals surface area contributed by atoms with E-state index in [1.807, 2.05) is 36.5 Å². The number of thiophene rings is 1. The van der Waals surface area contributed by atoms with Crippen molar-refractivity contribution in [1.82, 2.24) is 20.0 Å². The first kappa shape index (κ1) is 17.9. The molecule has 27 heavy (non-hydrogen) atoms. The van der Waals surface area contributed by atoms with E-state index < -0.39 is 0 Å². The van der Waals surface area contributed by atoms with Crippen LogP contribution in [0.5, 0.6) is 0 Å². The highest BCUT2D eigenvalue weighted by Gasteiger charge is 2.24. The van der Waals surface area contributed by atoms with Crippen molar-refractivity contribution in [2.75, 3.05) is 32.8 Å². The van der Waals surface area contributed by atoms with Gasteiger partial charge >= 0.3 is 0 Å². The number of hydrogen-bond donors (Lipinski definition) is 1. The van der Waals surface area contributed by atoms with E-state index in [2.05, 4.69) is 32.8 Å². The molecule has 0 aliphatic carbocycles. The molecule has 1 aromatic carbocycles. The molecule has 7 heteroatoms. The van der Waals surface area contributed by atoms with Crippen LogP contribution >= 0.6 is 11.3 Å². The summed E-state index contributed by atoms with van der Waals surface area (Å²) in [5, 5.41) is 9.39. The second-order valence-electron chi connectivity index (χ2n) is 6.39. The number of aromatic nitrogens is 2. The Balaban J connectivity index is 1.41. The molecule has 2 aromatic heterocycles. The van der Waals surface area contributed by atoms with Crippen molar-refractivity contribution in [2.24, 2.45) is 0 Å². The average molecular weight is 382 g/mol. The molecule has 3 heterocycles. The van der Waals surface area contributed by atoms with E-state index in [4.69, 9.17) is 4.74 Å². The van der Waals surface area contributed by atoms with Gasteiger partial charge < -0.3 is 10.1 Å². The number of benzene rings is 1. The van der Waals surface area contributed by atoms with Crippen LogP contribution in [0.3, 0.4) is 0 Å². The van der Waals surface area contributed by atoms with E-state index in [1.165, 1.54) is 4.88 Å². The molecular weight excluding hydrogens is 360 g/mol. The minimum atomic E-state index is -0.0585. The summed E-state index contributed by atoms with van der Waals surface area (Å²) in [6.45, 7) is 3.84. The maximum atomic E-state index is 12.6. The molecule has 0 saturated carbocycles. The predicted octanol–water partition coefficient (Wildman–Crippen LogP) is 2.74.